The van der Waals surface area contributed by atoms with E-state index in [1.54, 1.807) is 13.0 Å². The van der Waals surface area contributed by atoms with Gasteiger partial charge in [0.1, 0.15) is 11.6 Å². The number of carboxylic acids is 1. The molecule has 110 valence electrons. The van der Waals surface area contributed by atoms with E-state index in [-0.39, 0.29) is 28.3 Å². The summed E-state index contributed by atoms with van der Waals surface area (Å²) in [4.78, 5) is 30.0. The smallest absolute Gasteiger partial charge is 0.335 e. The van der Waals surface area contributed by atoms with Gasteiger partial charge in [0.2, 0.25) is 0 Å². The minimum absolute atomic E-state index is 0.0480. The number of carboxylic acid groups (broad SMARTS) is 1. The number of aromatic amines is 1. The molecule has 0 spiro atoms. The van der Waals surface area contributed by atoms with Gasteiger partial charge in [0.25, 0.3) is 5.56 Å². The summed E-state index contributed by atoms with van der Waals surface area (Å²) in [5.74, 6) is -1.17. The van der Waals surface area contributed by atoms with Crippen LogP contribution in [0.25, 0.3) is 22.3 Å². The maximum atomic E-state index is 13.3. The van der Waals surface area contributed by atoms with E-state index in [4.69, 9.17) is 5.11 Å². The number of benzene rings is 2. The summed E-state index contributed by atoms with van der Waals surface area (Å²) in [6, 6.07) is 8.48. The normalized spacial score (nSPS) is 10.8. The van der Waals surface area contributed by atoms with Crippen LogP contribution in [-0.4, -0.2) is 21.0 Å². The van der Waals surface area contributed by atoms with Crippen molar-refractivity contribution >= 4 is 16.9 Å². The summed E-state index contributed by atoms with van der Waals surface area (Å²) in [5.41, 5.74) is 0.935. The number of halogens is 1. The molecular formula is C16H11FN2O3. The number of aromatic carboxylic acids is 1. The summed E-state index contributed by atoms with van der Waals surface area (Å²) in [6.07, 6.45) is 0. The van der Waals surface area contributed by atoms with Crippen LogP contribution in [0.3, 0.4) is 0 Å². The Bertz CT molecular complexity index is 963. The lowest BCUT2D eigenvalue weighted by atomic mass is 10.1. The van der Waals surface area contributed by atoms with Crippen LogP contribution in [0.5, 0.6) is 0 Å². The Morgan fingerprint density at radius 1 is 1.23 bits per heavy atom. The molecule has 5 nitrogen and oxygen atoms in total. The zero-order chi connectivity index (χ0) is 15.9. The molecule has 1 heterocycles. The molecule has 0 amide bonds. The highest BCUT2D eigenvalue weighted by Gasteiger charge is 2.10. The van der Waals surface area contributed by atoms with Crippen molar-refractivity contribution in [3.63, 3.8) is 0 Å². The third-order valence-corrected chi connectivity index (χ3v) is 3.38. The van der Waals surface area contributed by atoms with Gasteiger partial charge in [0.05, 0.1) is 16.5 Å². The molecule has 0 radical (unpaired) electrons. The predicted molar refractivity (Wildman–Crippen MR) is 79.5 cm³/mol. The standard InChI is InChI=1S/C16H11FN2O3/c1-8-6-9(3-5-12(8)17)14-18-13-7-10(16(21)22)2-4-11(13)15(20)19-14/h2-7H,1H3,(H,21,22)(H,18,19,20). The Hall–Kier alpha value is -3.02. The van der Waals surface area contributed by atoms with Crippen LogP contribution in [-0.2, 0) is 0 Å². The monoisotopic (exact) mass is 298 g/mol. The molecule has 0 fully saturated rings. The van der Waals surface area contributed by atoms with Crippen molar-refractivity contribution in [3.05, 3.63) is 63.7 Å². The van der Waals surface area contributed by atoms with Crippen molar-refractivity contribution in [1.29, 1.82) is 0 Å². The van der Waals surface area contributed by atoms with Gasteiger partial charge in [0, 0.05) is 5.56 Å². The van der Waals surface area contributed by atoms with Gasteiger partial charge >= 0.3 is 5.97 Å². The topological polar surface area (TPSA) is 83.0 Å². The van der Waals surface area contributed by atoms with Crippen LogP contribution < -0.4 is 5.56 Å². The minimum atomic E-state index is -1.09. The van der Waals surface area contributed by atoms with E-state index in [2.05, 4.69) is 9.97 Å². The SMILES string of the molecule is Cc1cc(-c2nc3cc(C(=O)O)ccc3c(=O)[nH]2)ccc1F. The van der Waals surface area contributed by atoms with Gasteiger partial charge in [0.15, 0.2) is 0 Å². The molecule has 0 saturated heterocycles. The number of aromatic nitrogens is 2. The fraction of sp³-hybridized carbons (Fsp3) is 0.0625. The second-order valence-electron chi connectivity index (χ2n) is 4.92. The average molecular weight is 298 g/mol. The number of nitrogens with zero attached hydrogens (tertiary/aromatic N) is 1. The zero-order valence-corrected chi connectivity index (χ0v) is 11.6. The van der Waals surface area contributed by atoms with Crippen molar-refractivity contribution < 1.29 is 14.3 Å². The molecule has 0 aliphatic heterocycles. The van der Waals surface area contributed by atoms with Crippen LogP contribution in [0.4, 0.5) is 4.39 Å². The molecule has 0 atom stereocenters. The van der Waals surface area contributed by atoms with Crippen LogP contribution in [0.2, 0.25) is 0 Å². The summed E-state index contributed by atoms with van der Waals surface area (Å²) in [6.45, 7) is 1.61. The van der Waals surface area contributed by atoms with E-state index in [1.807, 2.05) is 0 Å². The molecule has 22 heavy (non-hydrogen) atoms. The van der Waals surface area contributed by atoms with Crippen molar-refractivity contribution in [3.8, 4) is 11.4 Å². The summed E-state index contributed by atoms with van der Waals surface area (Å²) in [5, 5.41) is 9.31. The predicted octanol–water partition coefficient (Wildman–Crippen LogP) is 2.74. The molecule has 3 rings (SSSR count). The Labute approximate surface area is 124 Å². The fourth-order valence-electron chi connectivity index (χ4n) is 2.20. The highest BCUT2D eigenvalue weighted by Crippen LogP contribution is 2.20. The van der Waals surface area contributed by atoms with E-state index in [9.17, 15) is 14.0 Å². The van der Waals surface area contributed by atoms with Crippen LogP contribution in [0.1, 0.15) is 15.9 Å². The number of aryl methyl sites for hydroxylation is 1. The van der Waals surface area contributed by atoms with Crippen molar-refractivity contribution in [2.45, 2.75) is 6.92 Å². The molecule has 0 aliphatic carbocycles. The van der Waals surface area contributed by atoms with Crippen molar-refractivity contribution in [2.24, 2.45) is 0 Å². The first-order valence-corrected chi connectivity index (χ1v) is 6.49. The number of nitrogens with one attached hydrogen (secondary N) is 1. The first-order valence-electron chi connectivity index (χ1n) is 6.49. The number of carbonyl (C=O) groups is 1. The molecular weight excluding hydrogens is 287 g/mol. The van der Waals surface area contributed by atoms with Gasteiger partial charge < -0.3 is 10.1 Å². The molecule has 0 saturated carbocycles. The summed E-state index contributed by atoms with van der Waals surface area (Å²) < 4.78 is 13.3. The van der Waals surface area contributed by atoms with E-state index in [1.165, 1.54) is 30.3 Å². The van der Waals surface area contributed by atoms with Crippen molar-refractivity contribution in [2.75, 3.05) is 0 Å². The van der Waals surface area contributed by atoms with Crippen LogP contribution in [0, 0.1) is 12.7 Å². The van der Waals surface area contributed by atoms with Gasteiger partial charge in [-0.25, -0.2) is 14.2 Å². The molecule has 2 N–H and O–H groups in total. The Morgan fingerprint density at radius 3 is 2.68 bits per heavy atom. The molecule has 0 unspecified atom stereocenters. The second-order valence-corrected chi connectivity index (χ2v) is 4.92. The highest BCUT2D eigenvalue weighted by atomic mass is 19.1. The number of hydrogen-bond acceptors (Lipinski definition) is 3. The number of H-pyrrole nitrogens is 1. The Morgan fingerprint density at radius 2 is 2.00 bits per heavy atom. The lowest BCUT2D eigenvalue weighted by Gasteiger charge is -2.05. The molecule has 3 aromatic rings. The largest absolute Gasteiger partial charge is 0.478 e. The zero-order valence-electron chi connectivity index (χ0n) is 11.6. The first kappa shape index (κ1) is 13.9. The Kier molecular flexibility index (Phi) is 3.21. The molecule has 0 bridgehead atoms. The van der Waals surface area contributed by atoms with Gasteiger partial charge in [-0.15, -0.1) is 0 Å². The minimum Gasteiger partial charge on any atom is -0.478 e. The lowest BCUT2D eigenvalue weighted by molar-refractivity contribution is 0.0697. The van der Waals surface area contributed by atoms with Crippen molar-refractivity contribution in [1.82, 2.24) is 9.97 Å². The van der Waals surface area contributed by atoms with E-state index >= 15 is 0 Å². The number of rotatable bonds is 2. The summed E-state index contributed by atoms with van der Waals surface area (Å²) in [7, 11) is 0. The Balaban J connectivity index is 2.24. The number of hydrogen-bond donors (Lipinski definition) is 2. The lowest BCUT2D eigenvalue weighted by Crippen LogP contribution is -2.10. The molecule has 1 aromatic heterocycles. The first-order chi connectivity index (χ1) is 10.5. The quantitative estimate of drug-likeness (QED) is 0.762. The average Bonchev–Trinajstić information content (AvgIpc) is 2.49. The van der Waals surface area contributed by atoms with E-state index < -0.39 is 5.97 Å². The maximum Gasteiger partial charge on any atom is 0.335 e. The molecule has 6 heteroatoms. The molecule has 0 aliphatic rings. The highest BCUT2D eigenvalue weighted by molar-refractivity contribution is 5.93. The van der Waals surface area contributed by atoms with Gasteiger partial charge in [-0.05, 0) is 48.9 Å². The van der Waals surface area contributed by atoms with E-state index in [0.717, 1.165) is 0 Å². The summed E-state index contributed by atoms with van der Waals surface area (Å²) >= 11 is 0. The molecule has 2 aromatic carbocycles. The van der Waals surface area contributed by atoms with E-state index in [0.29, 0.717) is 16.5 Å². The maximum absolute atomic E-state index is 13.3. The van der Waals surface area contributed by atoms with Crippen LogP contribution >= 0.6 is 0 Å². The van der Waals surface area contributed by atoms with Crippen LogP contribution in [0.15, 0.2) is 41.2 Å². The fourth-order valence-corrected chi connectivity index (χ4v) is 2.20. The second kappa shape index (κ2) is 5.07. The third-order valence-electron chi connectivity index (χ3n) is 3.38. The van der Waals surface area contributed by atoms with Gasteiger partial charge in [-0.3, -0.25) is 4.79 Å². The third kappa shape index (κ3) is 2.35. The van der Waals surface area contributed by atoms with Gasteiger partial charge in [-0.2, -0.15) is 0 Å². The van der Waals surface area contributed by atoms with Gasteiger partial charge in [-0.1, -0.05) is 0 Å². The number of fused-ring (bicyclic) bond motifs is 1.